The topological polar surface area (TPSA) is 117 Å². The van der Waals surface area contributed by atoms with Crippen molar-refractivity contribution in [1.82, 2.24) is 30.3 Å². The summed E-state index contributed by atoms with van der Waals surface area (Å²) in [5, 5.41) is 10.6. The van der Waals surface area contributed by atoms with Crippen molar-refractivity contribution in [3.63, 3.8) is 0 Å². The summed E-state index contributed by atoms with van der Waals surface area (Å²) < 4.78 is 5.65. The molecule has 1 amide bonds. The molecule has 3 heterocycles. The van der Waals surface area contributed by atoms with Crippen LogP contribution in [0.5, 0.6) is 0 Å². The quantitative estimate of drug-likeness (QED) is 0.702. The highest BCUT2D eigenvalue weighted by molar-refractivity contribution is 5.97. The van der Waals surface area contributed by atoms with Crippen molar-refractivity contribution in [2.45, 2.75) is 6.42 Å². The van der Waals surface area contributed by atoms with Gasteiger partial charge in [0.1, 0.15) is 11.0 Å². The van der Waals surface area contributed by atoms with Gasteiger partial charge < -0.3 is 14.6 Å². The maximum Gasteiger partial charge on any atom is 0.254 e. The maximum atomic E-state index is 12.9. The number of aromatic nitrogens is 5. The summed E-state index contributed by atoms with van der Waals surface area (Å²) in [6.45, 7) is 2.08. The number of nitrogens with zero attached hydrogens (tertiary/aromatic N) is 4. The summed E-state index contributed by atoms with van der Waals surface area (Å²) >= 11 is 0. The summed E-state index contributed by atoms with van der Waals surface area (Å²) in [7, 11) is 0. The van der Waals surface area contributed by atoms with Crippen LogP contribution in [0.3, 0.4) is 0 Å². The molecular formula is C17H18N6O3. The molecular weight excluding hydrogens is 336 g/mol. The lowest BCUT2D eigenvalue weighted by Gasteiger charge is -2.23. The van der Waals surface area contributed by atoms with Crippen molar-refractivity contribution in [1.29, 1.82) is 0 Å². The van der Waals surface area contributed by atoms with E-state index < -0.39 is 0 Å². The fourth-order valence-corrected chi connectivity index (χ4v) is 3.16. The third kappa shape index (κ3) is 3.47. The molecule has 0 bridgehead atoms. The minimum absolute atomic E-state index is 0.0655. The highest BCUT2D eigenvalue weighted by Gasteiger charge is 2.24. The Morgan fingerprint density at radius 3 is 3.04 bits per heavy atom. The third-order valence-corrected chi connectivity index (χ3v) is 4.42. The number of carbonyl (C=O) groups excluding carboxylic acids is 1. The van der Waals surface area contributed by atoms with E-state index in [0.29, 0.717) is 49.5 Å². The number of rotatable bonds is 3. The number of carbonyl (C=O) groups is 1. The van der Waals surface area contributed by atoms with Crippen LogP contribution in [0.4, 0.5) is 0 Å². The average Bonchev–Trinajstić information content (AvgIpc) is 2.99. The van der Waals surface area contributed by atoms with Crippen molar-refractivity contribution in [2.75, 3.05) is 26.3 Å². The van der Waals surface area contributed by atoms with Crippen LogP contribution in [0, 0.1) is 5.92 Å². The Bertz CT molecular complexity index is 982. The fraction of sp³-hybridized carbons (Fsp3) is 0.353. The molecule has 3 aromatic rings. The summed E-state index contributed by atoms with van der Waals surface area (Å²) in [5.74, 6) is 0.01000. The van der Waals surface area contributed by atoms with E-state index in [9.17, 15) is 9.59 Å². The molecule has 2 aromatic heterocycles. The van der Waals surface area contributed by atoms with Gasteiger partial charge in [0.2, 0.25) is 0 Å². The number of hydrogen-bond acceptors (Lipinski definition) is 6. The van der Waals surface area contributed by atoms with Gasteiger partial charge in [0.25, 0.3) is 11.5 Å². The molecule has 1 aliphatic heterocycles. The molecule has 2 N–H and O–H groups in total. The number of aromatic amines is 2. The molecule has 26 heavy (non-hydrogen) atoms. The minimum atomic E-state index is -0.182. The smallest absolute Gasteiger partial charge is 0.254 e. The number of amides is 1. The molecule has 0 unspecified atom stereocenters. The summed E-state index contributed by atoms with van der Waals surface area (Å²) in [6, 6.07) is 6.75. The number of ether oxygens (including phenoxy) is 1. The highest BCUT2D eigenvalue weighted by Crippen LogP contribution is 2.17. The third-order valence-electron chi connectivity index (χ3n) is 4.42. The molecule has 1 saturated heterocycles. The number of nitrogens with one attached hydrogen (secondary N) is 2. The van der Waals surface area contributed by atoms with Crippen molar-refractivity contribution in [2.24, 2.45) is 5.92 Å². The van der Waals surface area contributed by atoms with E-state index in [1.165, 1.54) is 12.4 Å². The first-order valence-electron chi connectivity index (χ1n) is 8.40. The predicted octanol–water partition coefficient (Wildman–Crippen LogP) is 0.372. The van der Waals surface area contributed by atoms with E-state index in [1.54, 1.807) is 23.1 Å². The molecule has 0 aliphatic carbocycles. The lowest BCUT2D eigenvalue weighted by molar-refractivity contribution is 0.0737. The molecule has 0 spiro atoms. The van der Waals surface area contributed by atoms with Crippen molar-refractivity contribution in [3.8, 4) is 0 Å². The number of H-pyrrole nitrogens is 2. The Hall–Kier alpha value is -3.07. The highest BCUT2D eigenvalue weighted by atomic mass is 16.5. The first-order valence-corrected chi connectivity index (χ1v) is 8.40. The zero-order chi connectivity index (χ0) is 17.9. The Kier molecular flexibility index (Phi) is 4.44. The Morgan fingerprint density at radius 1 is 1.27 bits per heavy atom. The van der Waals surface area contributed by atoms with E-state index in [0.717, 1.165) is 5.52 Å². The second-order valence-corrected chi connectivity index (χ2v) is 6.33. The molecule has 4 rings (SSSR count). The van der Waals surface area contributed by atoms with Gasteiger partial charge in [0.05, 0.1) is 19.5 Å². The van der Waals surface area contributed by atoms with Crippen LogP contribution in [0.1, 0.15) is 16.1 Å². The van der Waals surface area contributed by atoms with Crippen molar-refractivity contribution < 1.29 is 9.53 Å². The second kappa shape index (κ2) is 7.04. The number of benzene rings is 1. The molecule has 1 atom stereocenters. The van der Waals surface area contributed by atoms with E-state index in [1.807, 2.05) is 0 Å². The standard InChI is InChI=1S/C17H18N6O3/c24-16-7-13(18-10-19-16)5-11-8-23(3-4-26-9-11)17(25)12-1-2-14-15(6-12)21-22-20-14/h1-2,6-7,10-11H,3-5,8-9H2,(H,18,19,24)(H,20,21,22)/t11-/m0/s1. The minimum Gasteiger partial charge on any atom is -0.379 e. The van der Waals surface area contributed by atoms with Crippen LogP contribution in [-0.4, -0.2) is 62.5 Å². The normalized spacial score (nSPS) is 18.0. The van der Waals surface area contributed by atoms with Crippen LogP contribution in [0.15, 0.2) is 35.4 Å². The van der Waals surface area contributed by atoms with Gasteiger partial charge in [0.15, 0.2) is 0 Å². The van der Waals surface area contributed by atoms with Gasteiger partial charge in [-0.15, -0.1) is 0 Å². The molecule has 9 nitrogen and oxygen atoms in total. The SMILES string of the molecule is O=C(c1ccc2n[nH]nc2c1)N1CCOC[C@@H](Cc2cc(=O)[nH]cn2)C1. The van der Waals surface area contributed by atoms with Crippen LogP contribution in [0.2, 0.25) is 0 Å². The summed E-state index contributed by atoms with van der Waals surface area (Å²) in [4.78, 5) is 32.8. The van der Waals surface area contributed by atoms with Gasteiger partial charge in [-0.1, -0.05) is 0 Å². The summed E-state index contributed by atoms with van der Waals surface area (Å²) in [5.41, 5.74) is 2.46. The molecule has 134 valence electrons. The molecule has 1 aliphatic rings. The van der Waals surface area contributed by atoms with Gasteiger partial charge in [-0.05, 0) is 24.6 Å². The van der Waals surface area contributed by atoms with Gasteiger partial charge in [-0.3, -0.25) is 9.59 Å². The number of fused-ring (bicyclic) bond motifs is 1. The molecule has 1 fully saturated rings. The van der Waals surface area contributed by atoms with E-state index in [-0.39, 0.29) is 17.4 Å². The van der Waals surface area contributed by atoms with Gasteiger partial charge >= 0.3 is 0 Å². The lowest BCUT2D eigenvalue weighted by Crippen LogP contribution is -2.36. The second-order valence-electron chi connectivity index (χ2n) is 6.33. The summed E-state index contributed by atoms with van der Waals surface area (Å²) in [6.07, 6.45) is 1.97. The van der Waals surface area contributed by atoms with Crippen LogP contribution in [0.25, 0.3) is 11.0 Å². The van der Waals surface area contributed by atoms with Crippen molar-refractivity contribution in [3.05, 3.63) is 52.2 Å². The zero-order valence-corrected chi connectivity index (χ0v) is 14.0. The Balaban J connectivity index is 1.51. The van der Waals surface area contributed by atoms with Crippen LogP contribution in [-0.2, 0) is 11.2 Å². The first-order chi connectivity index (χ1) is 12.7. The molecule has 0 radical (unpaired) electrons. The van der Waals surface area contributed by atoms with Gasteiger partial charge in [-0.2, -0.15) is 15.4 Å². The largest absolute Gasteiger partial charge is 0.379 e. The van der Waals surface area contributed by atoms with Gasteiger partial charge in [-0.25, -0.2) is 4.98 Å². The fourth-order valence-electron chi connectivity index (χ4n) is 3.16. The lowest BCUT2D eigenvalue weighted by atomic mass is 10.0. The van der Waals surface area contributed by atoms with E-state index in [2.05, 4.69) is 25.4 Å². The molecule has 1 aromatic carbocycles. The predicted molar refractivity (Wildman–Crippen MR) is 92.7 cm³/mol. The molecule has 9 heteroatoms. The maximum absolute atomic E-state index is 12.9. The van der Waals surface area contributed by atoms with Crippen molar-refractivity contribution >= 4 is 16.9 Å². The monoisotopic (exact) mass is 354 g/mol. The zero-order valence-electron chi connectivity index (χ0n) is 14.0. The van der Waals surface area contributed by atoms with Gasteiger partial charge in [0, 0.05) is 36.3 Å². The average molecular weight is 354 g/mol. The Labute approximate surface area is 148 Å². The van der Waals surface area contributed by atoms with E-state index >= 15 is 0 Å². The van der Waals surface area contributed by atoms with Crippen LogP contribution < -0.4 is 5.56 Å². The molecule has 0 saturated carbocycles. The first kappa shape index (κ1) is 16.4. The Morgan fingerprint density at radius 2 is 2.15 bits per heavy atom. The number of hydrogen-bond donors (Lipinski definition) is 2. The van der Waals surface area contributed by atoms with Crippen LogP contribution >= 0.6 is 0 Å². The van der Waals surface area contributed by atoms with E-state index in [4.69, 9.17) is 4.74 Å².